The first-order valence-corrected chi connectivity index (χ1v) is 8.34. The van der Waals surface area contributed by atoms with Gasteiger partial charge in [0, 0.05) is 23.6 Å². The lowest BCUT2D eigenvalue weighted by molar-refractivity contribution is 0.0991. The highest BCUT2D eigenvalue weighted by Gasteiger charge is 2.11. The third-order valence-corrected chi connectivity index (χ3v) is 4.38. The van der Waals surface area contributed by atoms with Crippen LogP contribution in [-0.4, -0.2) is 32.6 Å². The molecular weight excluding hydrogens is 340 g/mol. The summed E-state index contributed by atoms with van der Waals surface area (Å²) >= 11 is 0. The van der Waals surface area contributed by atoms with Crippen molar-refractivity contribution in [1.29, 1.82) is 0 Å². The Balaban J connectivity index is 1.54. The fraction of sp³-hybridized carbons (Fsp3) is 0.143. The molecule has 0 radical (unpaired) electrons. The van der Waals surface area contributed by atoms with Gasteiger partial charge in [-0.1, -0.05) is 6.07 Å². The minimum absolute atomic E-state index is 0.0817. The number of nitrogens with zero attached hydrogens (tertiary/aromatic N) is 4. The number of rotatable bonds is 5. The number of hydrogen-bond donors (Lipinski definition) is 0. The molecule has 6 heteroatoms. The fourth-order valence-electron chi connectivity index (χ4n) is 2.94. The fourth-order valence-corrected chi connectivity index (χ4v) is 2.94. The van der Waals surface area contributed by atoms with Gasteiger partial charge < -0.3 is 9.30 Å². The van der Waals surface area contributed by atoms with E-state index in [1.54, 1.807) is 24.7 Å². The molecule has 0 aliphatic carbocycles. The van der Waals surface area contributed by atoms with E-state index in [2.05, 4.69) is 15.2 Å². The van der Waals surface area contributed by atoms with Crippen molar-refractivity contribution in [3.63, 3.8) is 0 Å². The number of aromatic nitrogens is 4. The molecule has 0 unspecified atom stereocenters. The van der Waals surface area contributed by atoms with Crippen LogP contribution < -0.4 is 4.74 Å². The highest BCUT2D eigenvalue weighted by molar-refractivity contribution is 5.97. The van der Waals surface area contributed by atoms with Crippen LogP contribution in [0.15, 0.2) is 61.1 Å². The molecule has 4 rings (SSSR count). The predicted octanol–water partition coefficient (Wildman–Crippen LogP) is 3.46. The first-order valence-electron chi connectivity index (χ1n) is 9.84. The first kappa shape index (κ1) is 13.6. The van der Waals surface area contributed by atoms with E-state index in [1.165, 1.54) is 12.1 Å². The van der Waals surface area contributed by atoms with Gasteiger partial charge in [0.1, 0.15) is 5.75 Å². The molecule has 6 nitrogen and oxygen atoms in total. The number of Topliss-reactive ketones (excluding diaryl/α,β-unsaturated/α-hetero) is 1. The largest absolute Gasteiger partial charge is 0.497 e. The Morgan fingerprint density at radius 2 is 2.00 bits per heavy atom. The standard InChI is InChI=1S/C21H18N4O2/c1-25-13-22-12-20(25)15-5-8-19-16(9-15)10-17(23-24-19)11-21(26)14-3-6-18(27-2)7-4-14/h3-10,12-13H,11H2,1-2H3/i2D3. The number of carbonyl (C=O) groups excluding carboxylic acids is 1. The lowest BCUT2D eigenvalue weighted by atomic mass is 10.0. The minimum Gasteiger partial charge on any atom is -0.497 e. The highest BCUT2D eigenvalue weighted by atomic mass is 16.5. The molecule has 0 spiro atoms. The van der Waals surface area contributed by atoms with Gasteiger partial charge in [-0.25, -0.2) is 4.98 Å². The zero-order valence-electron chi connectivity index (χ0n) is 17.6. The molecule has 27 heavy (non-hydrogen) atoms. The Morgan fingerprint density at radius 3 is 2.74 bits per heavy atom. The second-order valence-corrected chi connectivity index (χ2v) is 6.23. The molecule has 0 saturated carbocycles. The van der Waals surface area contributed by atoms with Gasteiger partial charge in [-0.3, -0.25) is 4.79 Å². The van der Waals surface area contributed by atoms with Gasteiger partial charge in [0.05, 0.1) is 47.0 Å². The number of benzene rings is 2. The Hall–Kier alpha value is -3.54. The van der Waals surface area contributed by atoms with Gasteiger partial charge in [0.25, 0.3) is 0 Å². The van der Waals surface area contributed by atoms with E-state index in [9.17, 15) is 4.79 Å². The van der Waals surface area contributed by atoms with Gasteiger partial charge in [0.2, 0.25) is 0 Å². The number of aryl methyl sites for hydroxylation is 1. The van der Waals surface area contributed by atoms with Crippen LogP contribution in [0.3, 0.4) is 0 Å². The molecule has 0 fully saturated rings. The van der Waals surface area contributed by atoms with Crippen molar-refractivity contribution in [2.45, 2.75) is 6.42 Å². The molecule has 2 aromatic heterocycles. The third-order valence-electron chi connectivity index (χ3n) is 4.38. The SMILES string of the molecule is [2H]C([2H])([2H])Oc1ccc(C(=O)Cc2cc3cc(-c4cncn4C)ccc3nn2)cc1. The van der Waals surface area contributed by atoms with Gasteiger partial charge in [0.15, 0.2) is 5.78 Å². The van der Waals surface area contributed by atoms with Crippen molar-refractivity contribution >= 4 is 16.7 Å². The number of ketones is 1. The van der Waals surface area contributed by atoms with E-state index in [-0.39, 0.29) is 18.0 Å². The first-order chi connectivity index (χ1) is 14.3. The number of methoxy groups -OCH3 is 1. The van der Waals surface area contributed by atoms with Gasteiger partial charge in [-0.15, -0.1) is 0 Å². The van der Waals surface area contributed by atoms with Crippen molar-refractivity contribution < 1.29 is 13.6 Å². The van der Waals surface area contributed by atoms with E-state index in [0.29, 0.717) is 11.3 Å². The van der Waals surface area contributed by atoms with Crippen LogP contribution in [0.2, 0.25) is 0 Å². The summed E-state index contributed by atoms with van der Waals surface area (Å²) in [4.78, 5) is 16.8. The van der Waals surface area contributed by atoms with E-state index >= 15 is 0 Å². The molecular formula is C21H18N4O2. The minimum atomic E-state index is -2.53. The third kappa shape index (κ3) is 3.42. The highest BCUT2D eigenvalue weighted by Crippen LogP contribution is 2.23. The summed E-state index contributed by atoms with van der Waals surface area (Å²) in [6.45, 7) is 0. The lowest BCUT2D eigenvalue weighted by Crippen LogP contribution is -2.06. The molecule has 0 amide bonds. The lowest BCUT2D eigenvalue weighted by Gasteiger charge is -2.06. The van der Waals surface area contributed by atoms with Crippen molar-refractivity contribution in [3.05, 3.63) is 72.3 Å². The van der Waals surface area contributed by atoms with Crippen molar-refractivity contribution in [2.24, 2.45) is 7.05 Å². The molecule has 2 heterocycles. The van der Waals surface area contributed by atoms with E-state index in [0.717, 1.165) is 22.2 Å². The summed E-state index contributed by atoms with van der Waals surface area (Å²) < 4.78 is 28.1. The van der Waals surface area contributed by atoms with Crippen LogP contribution in [0, 0.1) is 0 Å². The van der Waals surface area contributed by atoms with Crippen molar-refractivity contribution in [1.82, 2.24) is 19.7 Å². The Bertz CT molecular complexity index is 1220. The van der Waals surface area contributed by atoms with Crippen LogP contribution in [0.1, 0.15) is 20.2 Å². The molecule has 2 aromatic carbocycles. The van der Waals surface area contributed by atoms with Crippen LogP contribution in [-0.2, 0) is 13.5 Å². The number of fused-ring (bicyclic) bond motifs is 1. The van der Waals surface area contributed by atoms with Crippen LogP contribution in [0.5, 0.6) is 5.75 Å². The molecule has 0 N–H and O–H groups in total. The van der Waals surface area contributed by atoms with Gasteiger partial charge in [-0.2, -0.15) is 10.2 Å². The smallest absolute Gasteiger partial charge is 0.168 e. The average Bonchev–Trinajstić information content (AvgIpc) is 3.12. The number of imidazole rings is 1. The summed E-state index contributed by atoms with van der Waals surface area (Å²) in [5.41, 5.74) is 3.71. The van der Waals surface area contributed by atoms with Crippen LogP contribution in [0.25, 0.3) is 22.2 Å². The quantitative estimate of drug-likeness (QED) is 0.509. The number of carbonyl (C=O) groups is 1. The molecule has 0 aliphatic heterocycles. The Morgan fingerprint density at radius 1 is 1.15 bits per heavy atom. The van der Waals surface area contributed by atoms with Crippen molar-refractivity contribution in [2.75, 3.05) is 7.04 Å². The van der Waals surface area contributed by atoms with Crippen molar-refractivity contribution in [3.8, 4) is 17.0 Å². The topological polar surface area (TPSA) is 69.9 Å². The summed E-state index contributed by atoms with van der Waals surface area (Å²) in [5, 5.41) is 9.26. The number of ether oxygens (including phenoxy) is 1. The maximum Gasteiger partial charge on any atom is 0.168 e. The second kappa shape index (κ2) is 6.99. The zero-order chi connectivity index (χ0) is 21.3. The second-order valence-electron chi connectivity index (χ2n) is 6.23. The molecule has 4 aromatic rings. The maximum atomic E-state index is 12.6. The Kier molecular flexibility index (Phi) is 3.53. The van der Waals surface area contributed by atoms with E-state index in [1.807, 2.05) is 35.9 Å². The summed E-state index contributed by atoms with van der Waals surface area (Å²) in [6.07, 6.45) is 3.61. The molecule has 0 saturated heterocycles. The van der Waals surface area contributed by atoms with E-state index in [4.69, 9.17) is 8.85 Å². The average molecular weight is 361 g/mol. The molecule has 0 bridgehead atoms. The monoisotopic (exact) mass is 361 g/mol. The van der Waals surface area contributed by atoms with Gasteiger partial charge >= 0.3 is 0 Å². The van der Waals surface area contributed by atoms with Crippen LogP contribution >= 0.6 is 0 Å². The molecule has 0 aliphatic rings. The Labute approximate surface area is 160 Å². The summed E-state index contributed by atoms with van der Waals surface area (Å²) in [5.74, 6) is 0.0339. The zero-order valence-corrected chi connectivity index (χ0v) is 14.6. The normalized spacial score (nSPS) is 13.0. The summed E-state index contributed by atoms with van der Waals surface area (Å²) in [7, 11) is -0.601. The number of hydrogen-bond acceptors (Lipinski definition) is 5. The molecule has 134 valence electrons. The van der Waals surface area contributed by atoms with Gasteiger partial charge in [-0.05, 0) is 42.5 Å². The summed E-state index contributed by atoms with van der Waals surface area (Å²) in [6, 6.07) is 13.7. The predicted molar refractivity (Wildman–Crippen MR) is 103 cm³/mol. The maximum absolute atomic E-state index is 12.6. The van der Waals surface area contributed by atoms with Crippen LogP contribution in [0.4, 0.5) is 0 Å². The van der Waals surface area contributed by atoms with E-state index < -0.39 is 7.04 Å². The molecule has 0 atom stereocenters.